The summed E-state index contributed by atoms with van der Waals surface area (Å²) in [5.41, 5.74) is 5.03. The van der Waals surface area contributed by atoms with Crippen LogP contribution in [0.4, 0.5) is 0 Å². The van der Waals surface area contributed by atoms with E-state index >= 15 is 0 Å². The van der Waals surface area contributed by atoms with Gasteiger partial charge in [0.2, 0.25) is 0 Å². The van der Waals surface area contributed by atoms with Crippen molar-refractivity contribution in [3.63, 3.8) is 0 Å². The van der Waals surface area contributed by atoms with Crippen molar-refractivity contribution in [1.29, 1.82) is 0 Å². The van der Waals surface area contributed by atoms with Gasteiger partial charge in [-0.3, -0.25) is 0 Å². The summed E-state index contributed by atoms with van der Waals surface area (Å²) in [6.07, 6.45) is 1.10. The zero-order valence-corrected chi connectivity index (χ0v) is 7.12. The Bertz CT molecular complexity index is 51.0. The highest BCUT2D eigenvalue weighted by atomic mass is 35.5. The highest BCUT2D eigenvalue weighted by Gasteiger charge is 1.62. The van der Waals surface area contributed by atoms with Crippen molar-refractivity contribution in [3.05, 3.63) is 0 Å². The smallest absolute Gasteiger partial charge is 0.126 e. The summed E-state index contributed by atoms with van der Waals surface area (Å²) in [6, 6.07) is 0. The molecule has 0 rings (SSSR count). The van der Waals surface area contributed by atoms with Crippen molar-refractivity contribution < 1.29 is 4.79 Å². The molecule has 2 nitrogen and oxygen atoms in total. The molecule has 0 amide bonds. The van der Waals surface area contributed by atoms with Crippen LogP contribution in [0.1, 0.15) is 27.2 Å². The van der Waals surface area contributed by atoms with Crippen LogP contribution in [-0.2, 0) is 4.79 Å². The van der Waals surface area contributed by atoms with Gasteiger partial charge in [0, 0.05) is 0 Å². The lowest BCUT2D eigenvalue weighted by Crippen LogP contribution is -1.93. The van der Waals surface area contributed by atoms with Gasteiger partial charge >= 0.3 is 0 Å². The lowest BCUT2D eigenvalue weighted by Gasteiger charge is -1.70. The van der Waals surface area contributed by atoms with Gasteiger partial charge in [-0.25, -0.2) is 0 Å². The quantitative estimate of drug-likeness (QED) is 0.619. The van der Waals surface area contributed by atoms with Crippen molar-refractivity contribution >= 4 is 18.2 Å². The first-order valence-corrected chi connectivity index (χ1v) is 2.82. The molecular weight excluding hydrogens is 138 g/mol. The predicted octanol–water partition coefficient (Wildman–Crippen LogP) is 1.37. The maximum Gasteiger partial charge on any atom is 0.126 e. The second-order valence-electron chi connectivity index (χ2n) is 1.70. The zero-order valence-electron chi connectivity index (χ0n) is 6.31. The van der Waals surface area contributed by atoms with Gasteiger partial charge in [0.15, 0.2) is 0 Å². The standard InChI is InChI=1S/C3H9N.C3H6O.ClH/c1-2-3-4;1-3(2)4;/h2-4H2,1H3;1-2H3;1H. The average molecular weight is 154 g/mol. The summed E-state index contributed by atoms with van der Waals surface area (Å²) in [5, 5.41) is 0. The van der Waals surface area contributed by atoms with Gasteiger partial charge < -0.3 is 10.5 Å². The molecule has 0 heterocycles. The normalized spacial score (nSPS) is 6.22. The Morgan fingerprint density at radius 3 is 1.56 bits per heavy atom. The molecule has 58 valence electrons. The molecule has 0 saturated carbocycles. The molecule has 0 fully saturated rings. The number of hydrogen-bond acceptors (Lipinski definition) is 2. The van der Waals surface area contributed by atoms with Crippen molar-refractivity contribution in [3.8, 4) is 0 Å². The van der Waals surface area contributed by atoms with Crippen LogP contribution in [0, 0.1) is 0 Å². The van der Waals surface area contributed by atoms with E-state index in [2.05, 4.69) is 6.92 Å². The summed E-state index contributed by atoms with van der Waals surface area (Å²) < 4.78 is 0. The van der Waals surface area contributed by atoms with Gasteiger partial charge in [-0.2, -0.15) is 0 Å². The van der Waals surface area contributed by atoms with Crippen LogP contribution in [0.5, 0.6) is 0 Å². The van der Waals surface area contributed by atoms with Crippen LogP contribution < -0.4 is 5.73 Å². The van der Waals surface area contributed by atoms with Crippen molar-refractivity contribution in [2.24, 2.45) is 5.73 Å². The molecule has 2 N–H and O–H groups in total. The fraction of sp³-hybridized carbons (Fsp3) is 0.833. The number of carbonyl (C=O) groups is 1. The highest BCUT2D eigenvalue weighted by molar-refractivity contribution is 5.85. The molecule has 0 aliphatic heterocycles. The fourth-order valence-electron chi connectivity index (χ4n) is 0. The Hall–Kier alpha value is -0.0800. The SMILES string of the molecule is CC(C)=O.CCCN.Cl. The number of nitrogens with two attached hydrogens (primary N) is 1. The van der Waals surface area contributed by atoms with Crippen molar-refractivity contribution in [1.82, 2.24) is 0 Å². The Labute approximate surface area is 63.2 Å². The number of ketones is 1. The van der Waals surface area contributed by atoms with E-state index in [-0.39, 0.29) is 18.2 Å². The minimum absolute atomic E-state index is 0. The first kappa shape index (κ1) is 16.0. The molecule has 0 bridgehead atoms. The first-order chi connectivity index (χ1) is 3.65. The predicted molar refractivity (Wildman–Crippen MR) is 42.9 cm³/mol. The van der Waals surface area contributed by atoms with E-state index in [1.54, 1.807) is 0 Å². The van der Waals surface area contributed by atoms with Gasteiger partial charge in [0.25, 0.3) is 0 Å². The topological polar surface area (TPSA) is 43.1 Å². The van der Waals surface area contributed by atoms with E-state index in [4.69, 9.17) is 5.73 Å². The Morgan fingerprint density at radius 1 is 1.44 bits per heavy atom. The molecule has 0 aliphatic rings. The lowest BCUT2D eigenvalue weighted by atomic mass is 10.5. The van der Waals surface area contributed by atoms with E-state index < -0.39 is 0 Å². The van der Waals surface area contributed by atoms with Crippen LogP contribution >= 0.6 is 12.4 Å². The van der Waals surface area contributed by atoms with E-state index in [0.717, 1.165) is 13.0 Å². The van der Waals surface area contributed by atoms with Crippen molar-refractivity contribution in [2.45, 2.75) is 27.2 Å². The van der Waals surface area contributed by atoms with Gasteiger partial charge in [0.1, 0.15) is 5.78 Å². The molecule has 0 aromatic rings. The Kier molecular flexibility index (Phi) is 27.8. The fourth-order valence-corrected chi connectivity index (χ4v) is 0. The molecule has 0 saturated heterocycles. The van der Waals surface area contributed by atoms with Crippen LogP contribution in [-0.4, -0.2) is 12.3 Å². The molecule has 0 spiro atoms. The van der Waals surface area contributed by atoms with E-state index in [1.807, 2.05) is 0 Å². The Balaban J connectivity index is -0.0000000720. The lowest BCUT2D eigenvalue weighted by molar-refractivity contribution is -0.114. The second kappa shape index (κ2) is 15.7. The molecule has 3 heteroatoms. The van der Waals surface area contributed by atoms with Gasteiger partial charge in [-0.1, -0.05) is 6.92 Å². The zero-order chi connectivity index (χ0) is 6.99. The summed E-state index contributed by atoms with van der Waals surface area (Å²) in [6.45, 7) is 5.93. The van der Waals surface area contributed by atoms with Gasteiger partial charge in [-0.15, -0.1) is 12.4 Å². The van der Waals surface area contributed by atoms with Gasteiger partial charge in [0.05, 0.1) is 0 Å². The number of halogens is 1. The molecule has 0 atom stereocenters. The number of carbonyl (C=O) groups excluding carboxylic acids is 1. The van der Waals surface area contributed by atoms with Crippen LogP contribution in [0.15, 0.2) is 0 Å². The summed E-state index contributed by atoms with van der Waals surface area (Å²) in [4.78, 5) is 9.44. The number of rotatable bonds is 1. The van der Waals surface area contributed by atoms with Gasteiger partial charge in [-0.05, 0) is 26.8 Å². The molecule has 9 heavy (non-hydrogen) atoms. The third-order valence-corrected chi connectivity index (χ3v) is 0.289. The third kappa shape index (κ3) is 328. The summed E-state index contributed by atoms with van der Waals surface area (Å²) in [5.74, 6) is 0.167. The van der Waals surface area contributed by atoms with E-state index in [1.165, 1.54) is 13.8 Å². The Morgan fingerprint density at radius 2 is 1.56 bits per heavy atom. The number of Topliss-reactive ketones (excluding diaryl/α,β-unsaturated/α-hetero) is 1. The van der Waals surface area contributed by atoms with Crippen LogP contribution in [0.3, 0.4) is 0 Å². The number of hydrogen-bond donors (Lipinski definition) is 1. The van der Waals surface area contributed by atoms with E-state index in [9.17, 15) is 4.79 Å². The monoisotopic (exact) mass is 153 g/mol. The largest absolute Gasteiger partial charge is 0.330 e. The molecule has 0 aliphatic carbocycles. The molecule has 0 aromatic heterocycles. The molecule has 0 radical (unpaired) electrons. The van der Waals surface area contributed by atoms with E-state index in [0.29, 0.717) is 0 Å². The third-order valence-electron chi connectivity index (χ3n) is 0.289. The summed E-state index contributed by atoms with van der Waals surface area (Å²) >= 11 is 0. The maximum absolute atomic E-state index is 9.44. The first-order valence-electron chi connectivity index (χ1n) is 2.82. The molecular formula is C6H16ClNO. The molecule has 0 aromatic carbocycles. The second-order valence-corrected chi connectivity index (χ2v) is 1.70. The maximum atomic E-state index is 9.44. The summed E-state index contributed by atoms with van der Waals surface area (Å²) in [7, 11) is 0. The van der Waals surface area contributed by atoms with Crippen LogP contribution in [0.2, 0.25) is 0 Å². The minimum atomic E-state index is 0. The minimum Gasteiger partial charge on any atom is -0.330 e. The average Bonchev–Trinajstić information content (AvgIpc) is 1.65. The molecule has 0 unspecified atom stereocenters. The van der Waals surface area contributed by atoms with Crippen LogP contribution in [0.25, 0.3) is 0 Å². The van der Waals surface area contributed by atoms with Crippen molar-refractivity contribution in [2.75, 3.05) is 6.54 Å². The highest BCUT2D eigenvalue weighted by Crippen LogP contribution is 1.57.